The van der Waals surface area contributed by atoms with Crippen molar-refractivity contribution < 1.29 is 0 Å². The van der Waals surface area contributed by atoms with Gasteiger partial charge in [0.05, 0.1) is 5.69 Å². The highest BCUT2D eigenvalue weighted by Gasteiger charge is 1.94. The average Bonchev–Trinajstić information content (AvgIpc) is 2.04. The maximum atomic E-state index is 4.09. The summed E-state index contributed by atoms with van der Waals surface area (Å²) < 4.78 is 0. The number of rotatable bonds is 2. The third kappa shape index (κ3) is 2.27. The van der Waals surface area contributed by atoms with Crippen LogP contribution in [-0.2, 0) is 0 Å². The number of hydrogen-bond donors (Lipinski definition) is 2. The number of hydrogen-bond acceptors (Lipinski definition) is 3. The largest absolute Gasteiger partial charge is 0.385 e. The Morgan fingerprint density at radius 3 is 2.45 bits per heavy atom. The summed E-state index contributed by atoms with van der Waals surface area (Å²) in [5.41, 5.74) is 1.02. The number of pyridine rings is 1. The Bertz CT molecular complexity index is 192. The van der Waals surface area contributed by atoms with Crippen LogP contribution in [0.5, 0.6) is 0 Å². The quantitative estimate of drug-likeness (QED) is 0.713. The van der Waals surface area contributed by atoms with Gasteiger partial charge in [0.15, 0.2) is 0 Å². The van der Waals surface area contributed by atoms with Crippen LogP contribution in [-0.4, -0.2) is 19.1 Å². The van der Waals surface area contributed by atoms with Crippen molar-refractivity contribution >= 4 is 23.9 Å². The lowest BCUT2D eigenvalue weighted by molar-refractivity contribution is 1.27. The lowest BCUT2D eigenvalue weighted by atomic mass is 10.4. The standard InChI is InChI=1S/C7H11N3.ClH/c1-8-6-4-3-5-10-7(6)9-2;/h3-5,8H,1-2H3,(H,9,10);1H. The summed E-state index contributed by atoms with van der Waals surface area (Å²) in [5.74, 6) is 0.880. The number of nitrogens with zero attached hydrogens (tertiary/aromatic N) is 1. The van der Waals surface area contributed by atoms with Gasteiger partial charge in [-0.2, -0.15) is 0 Å². The van der Waals surface area contributed by atoms with Crippen LogP contribution in [0.25, 0.3) is 0 Å². The number of halogens is 1. The maximum absolute atomic E-state index is 4.09. The van der Waals surface area contributed by atoms with E-state index in [0.717, 1.165) is 11.5 Å². The van der Waals surface area contributed by atoms with Gasteiger partial charge in [-0.05, 0) is 12.1 Å². The molecule has 1 aromatic heterocycles. The topological polar surface area (TPSA) is 37.0 Å². The number of anilines is 2. The summed E-state index contributed by atoms with van der Waals surface area (Å²) >= 11 is 0. The first-order valence-electron chi connectivity index (χ1n) is 3.19. The summed E-state index contributed by atoms with van der Waals surface area (Å²) in [7, 11) is 3.72. The molecular weight excluding hydrogens is 162 g/mol. The van der Waals surface area contributed by atoms with Crippen LogP contribution in [0, 0.1) is 0 Å². The fraction of sp³-hybridized carbons (Fsp3) is 0.286. The molecule has 0 unspecified atom stereocenters. The molecule has 0 aromatic carbocycles. The molecule has 11 heavy (non-hydrogen) atoms. The van der Waals surface area contributed by atoms with Crippen LogP contribution in [0.2, 0.25) is 0 Å². The first kappa shape index (κ1) is 10.0. The van der Waals surface area contributed by atoms with E-state index in [1.54, 1.807) is 6.20 Å². The van der Waals surface area contributed by atoms with Gasteiger partial charge in [-0.25, -0.2) is 4.98 Å². The molecule has 62 valence electrons. The Labute approximate surface area is 72.6 Å². The van der Waals surface area contributed by atoms with E-state index in [-0.39, 0.29) is 12.4 Å². The minimum atomic E-state index is 0. The van der Waals surface area contributed by atoms with E-state index in [9.17, 15) is 0 Å². The molecule has 0 saturated heterocycles. The number of nitrogens with one attached hydrogen (secondary N) is 2. The second-order valence-electron chi connectivity index (χ2n) is 1.90. The zero-order valence-electron chi connectivity index (χ0n) is 6.59. The third-order valence-corrected chi connectivity index (χ3v) is 1.31. The third-order valence-electron chi connectivity index (χ3n) is 1.31. The molecule has 0 bridgehead atoms. The molecule has 3 nitrogen and oxygen atoms in total. The molecule has 1 aromatic rings. The van der Waals surface area contributed by atoms with E-state index in [0.29, 0.717) is 0 Å². The molecule has 0 aliphatic carbocycles. The van der Waals surface area contributed by atoms with Crippen molar-refractivity contribution in [1.82, 2.24) is 4.98 Å². The van der Waals surface area contributed by atoms with Crippen LogP contribution in [0.1, 0.15) is 0 Å². The van der Waals surface area contributed by atoms with Crippen molar-refractivity contribution in [3.8, 4) is 0 Å². The van der Waals surface area contributed by atoms with Gasteiger partial charge in [0.2, 0.25) is 0 Å². The Kier molecular flexibility index (Phi) is 4.38. The highest BCUT2D eigenvalue weighted by Crippen LogP contribution is 2.14. The zero-order valence-corrected chi connectivity index (χ0v) is 7.40. The monoisotopic (exact) mass is 173 g/mol. The van der Waals surface area contributed by atoms with Crippen LogP contribution >= 0.6 is 12.4 Å². The Morgan fingerprint density at radius 2 is 2.00 bits per heavy atom. The van der Waals surface area contributed by atoms with Crippen molar-refractivity contribution in [2.75, 3.05) is 24.7 Å². The van der Waals surface area contributed by atoms with Crippen molar-refractivity contribution in [3.05, 3.63) is 18.3 Å². The Hall–Kier alpha value is -0.960. The summed E-state index contributed by atoms with van der Waals surface area (Å²) in [5, 5.41) is 5.99. The lowest BCUT2D eigenvalue weighted by Gasteiger charge is -2.04. The van der Waals surface area contributed by atoms with Crippen LogP contribution in [0.4, 0.5) is 11.5 Å². The van der Waals surface area contributed by atoms with E-state index in [1.807, 2.05) is 26.2 Å². The van der Waals surface area contributed by atoms with Gasteiger partial charge in [-0.1, -0.05) is 0 Å². The highest BCUT2D eigenvalue weighted by molar-refractivity contribution is 5.85. The molecule has 0 fully saturated rings. The predicted octanol–water partition coefficient (Wildman–Crippen LogP) is 1.59. The maximum Gasteiger partial charge on any atom is 0.149 e. The molecule has 2 N–H and O–H groups in total. The van der Waals surface area contributed by atoms with Gasteiger partial charge in [-0.3, -0.25) is 0 Å². The summed E-state index contributed by atoms with van der Waals surface area (Å²) in [6, 6.07) is 3.87. The SMILES string of the molecule is CNc1cccnc1NC.Cl. The molecule has 0 atom stereocenters. The summed E-state index contributed by atoms with van der Waals surface area (Å²) in [4.78, 5) is 4.09. The molecule has 0 aliphatic heterocycles. The second kappa shape index (κ2) is 4.79. The van der Waals surface area contributed by atoms with Crippen molar-refractivity contribution in [2.45, 2.75) is 0 Å². The Morgan fingerprint density at radius 1 is 1.27 bits per heavy atom. The second-order valence-corrected chi connectivity index (χ2v) is 1.90. The highest BCUT2D eigenvalue weighted by atomic mass is 35.5. The van der Waals surface area contributed by atoms with E-state index in [1.165, 1.54) is 0 Å². The molecule has 4 heteroatoms. The van der Waals surface area contributed by atoms with Gasteiger partial charge in [0, 0.05) is 20.3 Å². The molecule has 0 radical (unpaired) electrons. The molecule has 0 saturated carbocycles. The van der Waals surface area contributed by atoms with Crippen molar-refractivity contribution in [2.24, 2.45) is 0 Å². The van der Waals surface area contributed by atoms with E-state index in [2.05, 4.69) is 15.6 Å². The van der Waals surface area contributed by atoms with Gasteiger partial charge in [0.25, 0.3) is 0 Å². The molecular formula is C7H12ClN3. The van der Waals surface area contributed by atoms with E-state index < -0.39 is 0 Å². The van der Waals surface area contributed by atoms with Crippen LogP contribution < -0.4 is 10.6 Å². The van der Waals surface area contributed by atoms with E-state index in [4.69, 9.17) is 0 Å². The zero-order chi connectivity index (χ0) is 7.40. The lowest BCUT2D eigenvalue weighted by Crippen LogP contribution is -1.97. The average molecular weight is 174 g/mol. The Balaban J connectivity index is 0.000001000. The fourth-order valence-corrected chi connectivity index (χ4v) is 0.806. The fourth-order valence-electron chi connectivity index (χ4n) is 0.806. The van der Waals surface area contributed by atoms with Gasteiger partial charge in [-0.15, -0.1) is 12.4 Å². The molecule has 1 heterocycles. The van der Waals surface area contributed by atoms with Crippen LogP contribution in [0.3, 0.4) is 0 Å². The van der Waals surface area contributed by atoms with E-state index >= 15 is 0 Å². The molecule has 0 aliphatic rings. The first-order chi connectivity index (χ1) is 4.88. The smallest absolute Gasteiger partial charge is 0.149 e. The normalized spacial score (nSPS) is 8.18. The van der Waals surface area contributed by atoms with Crippen molar-refractivity contribution in [3.63, 3.8) is 0 Å². The van der Waals surface area contributed by atoms with Crippen molar-refractivity contribution in [1.29, 1.82) is 0 Å². The van der Waals surface area contributed by atoms with Gasteiger partial charge < -0.3 is 10.6 Å². The minimum absolute atomic E-state index is 0. The first-order valence-corrected chi connectivity index (χ1v) is 3.19. The van der Waals surface area contributed by atoms with Gasteiger partial charge >= 0.3 is 0 Å². The predicted molar refractivity (Wildman–Crippen MR) is 50.6 cm³/mol. The number of aromatic nitrogens is 1. The van der Waals surface area contributed by atoms with Crippen LogP contribution in [0.15, 0.2) is 18.3 Å². The molecule has 1 rings (SSSR count). The molecule has 0 spiro atoms. The van der Waals surface area contributed by atoms with Gasteiger partial charge in [0.1, 0.15) is 5.82 Å². The summed E-state index contributed by atoms with van der Waals surface area (Å²) in [6.45, 7) is 0. The minimum Gasteiger partial charge on any atom is -0.385 e. The molecule has 0 amide bonds. The summed E-state index contributed by atoms with van der Waals surface area (Å²) in [6.07, 6.45) is 1.76.